The lowest BCUT2D eigenvalue weighted by Crippen LogP contribution is -2.47. The number of hydrogen-bond acceptors (Lipinski definition) is 5. The summed E-state index contributed by atoms with van der Waals surface area (Å²) in [5, 5.41) is 12.0. The molecule has 0 aromatic heterocycles. The van der Waals surface area contributed by atoms with Crippen molar-refractivity contribution in [1.82, 2.24) is 0 Å². The maximum Gasteiger partial charge on any atom is 0.494 e. The minimum atomic E-state index is -0.531. The van der Waals surface area contributed by atoms with Crippen LogP contribution in [0.3, 0.4) is 0 Å². The lowest BCUT2D eigenvalue weighted by atomic mass is 9.75. The van der Waals surface area contributed by atoms with Gasteiger partial charge in [0.25, 0.3) is 5.69 Å². The first-order valence-electron chi connectivity index (χ1n) is 11.0. The number of hydrogen-bond donors (Lipinski definition) is 0. The van der Waals surface area contributed by atoms with Crippen molar-refractivity contribution in [1.29, 1.82) is 0 Å². The van der Waals surface area contributed by atoms with Crippen LogP contribution in [0.1, 0.15) is 53.4 Å². The standard InChI is InChI=1S/C22H33BN2O4/c1-15(2)12-24(20-10-16-5-6-17(20)9-16)19-8-7-18(11-21(19)25(26)27)23-28-13-22(3,4)14-29-23/h7-8,11,15-17,20H,5-6,9-10,12-14H2,1-4H3. The number of nitro groups is 1. The van der Waals surface area contributed by atoms with Gasteiger partial charge in [-0.05, 0) is 48.5 Å². The second kappa shape index (κ2) is 7.91. The van der Waals surface area contributed by atoms with E-state index >= 15 is 0 Å². The molecule has 1 aromatic carbocycles. The number of fused-ring (bicyclic) bond motifs is 2. The second-order valence-corrected chi connectivity index (χ2v) is 10.4. The Labute approximate surface area is 174 Å². The van der Waals surface area contributed by atoms with Crippen molar-refractivity contribution in [2.75, 3.05) is 24.7 Å². The molecule has 3 fully saturated rings. The third-order valence-corrected chi connectivity index (χ3v) is 6.69. The van der Waals surface area contributed by atoms with E-state index in [0.29, 0.717) is 31.1 Å². The highest BCUT2D eigenvalue weighted by Gasteiger charge is 2.44. The maximum absolute atomic E-state index is 12.0. The van der Waals surface area contributed by atoms with Gasteiger partial charge in [0.15, 0.2) is 0 Å². The van der Waals surface area contributed by atoms with Crippen LogP contribution in [0, 0.1) is 33.3 Å². The van der Waals surface area contributed by atoms with Crippen LogP contribution in [0.2, 0.25) is 0 Å². The maximum atomic E-state index is 12.0. The van der Waals surface area contributed by atoms with Gasteiger partial charge in [0.1, 0.15) is 5.69 Å². The Balaban J connectivity index is 1.63. The molecular formula is C22H33BN2O4. The lowest BCUT2D eigenvalue weighted by molar-refractivity contribution is -0.384. The summed E-state index contributed by atoms with van der Waals surface area (Å²) in [5.41, 5.74) is 1.62. The molecule has 2 aliphatic carbocycles. The van der Waals surface area contributed by atoms with E-state index in [1.165, 1.54) is 25.7 Å². The van der Waals surface area contributed by atoms with Gasteiger partial charge in [0.2, 0.25) is 0 Å². The summed E-state index contributed by atoms with van der Waals surface area (Å²) in [7, 11) is -0.531. The number of rotatable bonds is 6. The Bertz CT molecular complexity index is 759. The summed E-state index contributed by atoms with van der Waals surface area (Å²) in [6, 6.07) is 5.96. The van der Waals surface area contributed by atoms with E-state index in [2.05, 4.69) is 32.6 Å². The summed E-state index contributed by atoms with van der Waals surface area (Å²) >= 11 is 0. The van der Waals surface area contributed by atoms with Gasteiger partial charge in [-0.1, -0.05) is 40.2 Å². The molecule has 3 atom stereocenters. The number of benzene rings is 1. The zero-order valence-corrected chi connectivity index (χ0v) is 18.1. The quantitative estimate of drug-likeness (QED) is 0.410. The minimum absolute atomic E-state index is 0.0295. The van der Waals surface area contributed by atoms with E-state index in [1.54, 1.807) is 6.07 Å². The molecule has 0 N–H and O–H groups in total. The first-order valence-corrected chi connectivity index (χ1v) is 11.0. The van der Waals surface area contributed by atoms with E-state index in [0.717, 1.165) is 23.6 Å². The van der Waals surface area contributed by atoms with Crippen molar-refractivity contribution in [3.63, 3.8) is 0 Å². The van der Waals surface area contributed by atoms with Crippen LogP contribution in [-0.2, 0) is 9.31 Å². The van der Waals surface area contributed by atoms with Gasteiger partial charge >= 0.3 is 7.12 Å². The fraction of sp³-hybridized carbons (Fsp3) is 0.727. The molecule has 0 radical (unpaired) electrons. The van der Waals surface area contributed by atoms with Gasteiger partial charge in [-0.25, -0.2) is 0 Å². The topological polar surface area (TPSA) is 64.8 Å². The van der Waals surface area contributed by atoms with Crippen molar-refractivity contribution in [2.45, 2.75) is 59.4 Å². The van der Waals surface area contributed by atoms with Crippen LogP contribution in [-0.4, -0.2) is 37.8 Å². The molecule has 1 aromatic rings. The molecule has 3 unspecified atom stereocenters. The number of nitro benzene ring substituents is 1. The molecular weight excluding hydrogens is 367 g/mol. The Morgan fingerprint density at radius 2 is 1.97 bits per heavy atom. The Hall–Kier alpha value is -1.60. The van der Waals surface area contributed by atoms with E-state index in [9.17, 15) is 10.1 Å². The average Bonchev–Trinajstić information content (AvgIpc) is 3.29. The summed E-state index contributed by atoms with van der Waals surface area (Å²) in [5.74, 6) is 1.91. The van der Waals surface area contributed by atoms with Crippen molar-refractivity contribution < 1.29 is 14.2 Å². The smallest absolute Gasteiger partial charge is 0.407 e. The Kier molecular flexibility index (Phi) is 5.64. The van der Waals surface area contributed by atoms with Gasteiger partial charge in [-0.3, -0.25) is 10.1 Å². The molecule has 29 heavy (non-hydrogen) atoms. The van der Waals surface area contributed by atoms with Crippen LogP contribution in [0.15, 0.2) is 18.2 Å². The molecule has 6 nitrogen and oxygen atoms in total. The third-order valence-electron chi connectivity index (χ3n) is 6.69. The normalized spacial score (nSPS) is 28.2. The molecule has 4 rings (SSSR count). The Morgan fingerprint density at radius 1 is 1.24 bits per heavy atom. The summed E-state index contributed by atoms with van der Waals surface area (Å²) in [6.07, 6.45) is 5.03. The van der Waals surface area contributed by atoms with Crippen LogP contribution < -0.4 is 10.4 Å². The molecule has 0 spiro atoms. The molecule has 2 saturated carbocycles. The van der Waals surface area contributed by atoms with E-state index in [1.807, 2.05) is 12.1 Å². The van der Waals surface area contributed by atoms with Gasteiger partial charge in [0.05, 0.1) is 4.92 Å². The summed E-state index contributed by atoms with van der Waals surface area (Å²) in [6.45, 7) is 10.6. The first kappa shape index (κ1) is 20.7. The molecule has 2 bridgehead atoms. The van der Waals surface area contributed by atoms with Gasteiger partial charge in [-0.2, -0.15) is 0 Å². The molecule has 0 amide bonds. The average molecular weight is 400 g/mol. The third kappa shape index (κ3) is 4.31. The molecule has 3 aliphatic rings. The molecule has 7 heteroatoms. The van der Waals surface area contributed by atoms with Gasteiger partial charge in [0, 0.05) is 37.3 Å². The van der Waals surface area contributed by atoms with Crippen LogP contribution in [0.5, 0.6) is 0 Å². The molecule has 1 heterocycles. The van der Waals surface area contributed by atoms with Crippen molar-refractivity contribution in [3.8, 4) is 0 Å². The highest BCUT2D eigenvalue weighted by atomic mass is 16.6. The van der Waals surface area contributed by atoms with E-state index in [4.69, 9.17) is 9.31 Å². The van der Waals surface area contributed by atoms with Crippen molar-refractivity contribution in [3.05, 3.63) is 28.3 Å². The zero-order chi connectivity index (χ0) is 20.8. The Morgan fingerprint density at radius 3 is 2.52 bits per heavy atom. The largest absolute Gasteiger partial charge is 0.494 e. The summed E-state index contributed by atoms with van der Waals surface area (Å²) in [4.78, 5) is 14.1. The van der Waals surface area contributed by atoms with Gasteiger partial charge in [-0.15, -0.1) is 0 Å². The summed E-state index contributed by atoms with van der Waals surface area (Å²) < 4.78 is 11.7. The highest BCUT2D eigenvalue weighted by molar-refractivity contribution is 6.61. The van der Waals surface area contributed by atoms with Crippen molar-refractivity contribution >= 4 is 24.0 Å². The first-order chi connectivity index (χ1) is 13.7. The number of nitrogens with zero attached hydrogens (tertiary/aromatic N) is 2. The fourth-order valence-electron chi connectivity index (χ4n) is 5.36. The molecule has 158 valence electrons. The van der Waals surface area contributed by atoms with Gasteiger partial charge < -0.3 is 14.2 Å². The van der Waals surface area contributed by atoms with E-state index in [-0.39, 0.29) is 16.0 Å². The predicted octanol–water partition coefficient (Wildman–Crippen LogP) is 4.01. The van der Waals surface area contributed by atoms with Crippen molar-refractivity contribution in [2.24, 2.45) is 23.2 Å². The number of anilines is 1. The van der Waals surface area contributed by atoms with Crippen LogP contribution in [0.25, 0.3) is 0 Å². The van der Waals surface area contributed by atoms with E-state index < -0.39 is 7.12 Å². The molecule has 1 aliphatic heterocycles. The molecule has 1 saturated heterocycles. The minimum Gasteiger partial charge on any atom is -0.407 e. The highest BCUT2D eigenvalue weighted by Crippen LogP contribution is 2.48. The van der Waals surface area contributed by atoms with Crippen LogP contribution >= 0.6 is 0 Å². The zero-order valence-electron chi connectivity index (χ0n) is 18.1. The SMILES string of the molecule is CC(C)CN(c1ccc(B2OCC(C)(C)CO2)cc1[N+](=O)[O-])C1CC2CCC1C2. The van der Waals surface area contributed by atoms with Crippen LogP contribution in [0.4, 0.5) is 11.4 Å². The predicted molar refractivity (Wildman–Crippen MR) is 116 cm³/mol. The monoisotopic (exact) mass is 400 g/mol. The fourth-order valence-corrected chi connectivity index (χ4v) is 5.36. The lowest BCUT2D eigenvalue weighted by Gasteiger charge is -2.37. The second-order valence-electron chi connectivity index (χ2n) is 10.4.